The monoisotopic (exact) mass is 543 g/mol. The summed E-state index contributed by atoms with van der Waals surface area (Å²) in [7, 11) is -3.81. The average molecular weight is 543 g/mol. The van der Waals surface area contributed by atoms with Crippen molar-refractivity contribution in [2.75, 3.05) is 37.3 Å². The topological polar surface area (TPSA) is 79.8 Å². The number of pyridine rings is 1. The van der Waals surface area contributed by atoms with E-state index >= 15 is 0 Å². The smallest absolute Gasteiger partial charge is 0.425 e. The summed E-state index contributed by atoms with van der Waals surface area (Å²) in [6.45, 7) is 0.420. The molecular weight excluding hydrogens is 523 g/mol. The third-order valence-corrected chi connectivity index (χ3v) is 6.50. The van der Waals surface area contributed by atoms with Crippen LogP contribution in [0, 0.1) is 5.82 Å². The standard InChI is InChI=1S/C21H20F7N3O4S/c1-12(20(23,24)25)35-17-4-3-14(36(2,33)34)10-15(17)19(32)31-7-5-30(6-8-31)18-16(22)9-13(11-29-18)21(26,27)28/h3-4,9-12H,5-8H2,1-2H3. The van der Waals surface area contributed by atoms with Crippen LogP contribution in [0.15, 0.2) is 35.4 Å². The van der Waals surface area contributed by atoms with Gasteiger partial charge in [0.1, 0.15) is 5.75 Å². The third-order valence-electron chi connectivity index (χ3n) is 5.39. The van der Waals surface area contributed by atoms with Crippen molar-refractivity contribution >= 4 is 21.6 Å². The van der Waals surface area contributed by atoms with Gasteiger partial charge in [-0.2, -0.15) is 26.3 Å². The van der Waals surface area contributed by atoms with Crippen LogP contribution in [0.2, 0.25) is 0 Å². The van der Waals surface area contributed by atoms with E-state index in [0.717, 1.165) is 31.4 Å². The second-order valence-electron chi connectivity index (χ2n) is 8.04. The van der Waals surface area contributed by atoms with Gasteiger partial charge in [0.2, 0.25) is 0 Å². The summed E-state index contributed by atoms with van der Waals surface area (Å²) in [6.07, 6.45) is -10.5. The lowest BCUT2D eigenvalue weighted by Crippen LogP contribution is -2.49. The lowest BCUT2D eigenvalue weighted by atomic mass is 10.1. The summed E-state index contributed by atoms with van der Waals surface area (Å²) in [5.74, 6) is -2.86. The minimum Gasteiger partial charge on any atom is -0.480 e. The molecule has 36 heavy (non-hydrogen) atoms. The number of nitrogens with zero attached hydrogens (tertiary/aromatic N) is 3. The molecule has 7 nitrogen and oxygen atoms in total. The summed E-state index contributed by atoms with van der Waals surface area (Å²) in [5, 5.41) is 0. The van der Waals surface area contributed by atoms with Crippen LogP contribution in [-0.2, 0) is 16.0 Å². The van der Waals surface area contributed by atoms with Crippen LogP contribution >= 0.6 is 0 Å². The fourth-order valence-electron chi connectivity index (χ4n) is 3.38. The van der Waals surface area contributed by atoms with E-state index < -0.39 is 56.9 Å². The molecule has 0 bridgehead atoms. The molecule has 1 atom stereocenters. The summed E-state index contributed by atoms with van der Waals surface area (Å²) >= 11 is 0. The van der Waals surface area contributed by atoms with Gasteiger partial charge in [-0.15, -0.1) is 0 Å². The van der Waals surface area contributed by atoms with E-state index in [2.05, 4.69) is 4.98 Å². The molecule has 1 aliphatic rings. The Morgan fingerprint density at radius 1 is 1.06 bits per heavy atom. The van der Waals surface area contributed by atoms with Crippen LogP contribution in [-0.4, -0.2) is 68.9 Å². The van der Waals surface area contributed by atoms with Crippen molar-refractivity contribution in [3.63, 3.8) is 0 Å². The third kappa shape index (κ3) is 6.17. The van der Waals surface area contributed by atoms with Gasteiger partial charge in [0.05, 0.1) is 16.0 Å². The second-order valence-corrected chi connectivity index (χ2v) is 10.1. The van der Waals surface area contributed by atoms with Crippen LogP contribution in [0.1, 0.15) is 22.8 Å². The summed E-state index contributed by atoms with van der Waals surface area (Å²) < 4.78 is 120. The maximum atomic E-state index is 14.3. The maximum Gasteiger partial charge on any atom is 0.425 e. The number of rotatable bonds is 5. The van der Waals surface area contributed by atoms with E-state index in [1.54, 1.807) is 0 Å². The number of anilines is 1. The number of halogens is 7. The molecule has 1 aromatic heterocycles. The molecule has 0 saturated carbocycles. The molecule has 0 N–H and O–H groups in total. The Kier molecular flexibility index (Phi) is 7.44. The van der Waals surface area contributed by atoms with E-state index in [4.69, 9.17) is 4.74 Å². The average Bonchev–Trinajstić information content (AvgIpc) is 2.77. The number of carbonyl (C=O) groups is 1. The first kappa shape index (κ1) is 27.5. The number of alkyl halides is 6. The van der Waals surface area contributed by atoms with Gasteiger partial charge in [0, 0.05) is 38.6 Å². The molecule has 2 aromatic rings. The minimum absolute atomic E-state index is 0.0536. The summed E-state index contributed by atoms with van der Waals surface area (Å²) in [5.41, 5.74) is -1.68. The van der Waals surface area contributed by atoms with Crippen LogP contribution in [0.25, 0.3) is 0 Å². The van der Waals surface area contributed by atoms with Gasteiger partial charge in [-0.1, -0.05) is 0 Å². The number of benzene rings is 1. The van der Waals surface area contributed by atoms with Crippen molar-refractivity contribution in [2.24, 2.45) is 0 Å². The molecule has 198 valence electrons. The van der Waals surface area contributed by atoms with Crippen molar-refractivity contribution in [1.29, 1.82) is 0 Å². The molecule has 1 fully saturated rings. The quantitative estimate of drug-likeness (QED) is 0.532. The van der Waals surface area contributed by atoms with Gasteiger partial charge >= 0.3 is 12.4 Å². The van der Waals surface area contributed by atoms with E-state index in [9.17, 15) is 43.9 Å². The minimum atomic E-state index is -4.78. The summed E-state index contributed by atoms with van der Waals surface area (Å²) in [4.78, 5) is 18.9. The lowest BCUT2D eigenvalue weighted by molar-refractivity contribution is -0.189. The Labute approximate surface area is 201 Å². The molecule has 3 rings (SSSR count). The predicted molar refractivity (Wildman–Crippen MR) is 113 cm³/mol. The van der Waals surface area contributed by atoms with Crippen LogP contribution in [0.3, 0.4) is 0 Å². The van der Waals surface area contributed by atoms with Gasteiger partial charge in [-0.3, -0.25) is 4.79 Å². The molecule has 15 heteroatoms. The van der Waals surface area contributed by atoms with Crippen LogP contribution in [0.4, 0.5) is 36.6 Å². The molecule has 1 amide bonds. The predicted octanol–water partition coefficient (Wildman–Crippen LogP) is 3.94. The van der Waals surface area contributed by atoms with Crippen LogP contribution in [0.5, 0.6) is 5.75 Å². The zero-order chi connectivity index (χ0) is 27.1. The van der Waals surface area contributed by atoms with Crippen LogP contribution < -0.4 is 9.64 Å². The van der Waals surface area contributed by atoms with Gasteiger partial charge in [0.25, 0.3) is 5.91 Å². The molecule has 0 spiro atoms. The molecule has 0 radical (unpaired) electrons. The van der Waals surface area contributed by atoms with Gasteiger partial charge in [0.15, 0.2) is 27.6 Å². The molecule has 1 aliphatic heterocycles. The Hall–Kier alpha value is -3.10. The first-order valence-electron chi connectivity index (χ1n) is 10.3. The molecular formula is C21H20F7N3O4S. The van der Waals surface area contributed by atoms with Crippen molar-refractivity contribution < 1.29 is 48.7 Å². The highest BCUT2D eigenvalue weighted by atomic mass is 32.2. The zero-order valence-electron chi connectivity index (χ0n) is 18.8. The summed E-state index contributed by atoms with van der Waals surface area (Å²) in [6, 6.07) is 3.20. The van der Waals surface area contributed by atoms with Gasteiger partial charge in [-0.05, 0) is 31.2 Å². The number of ether oxygens (including phenoxy) is 1. The number of hydrogen-bond acceptors (Lipinski definition) is 6. The van der Waals surface area contributed by atoms with Gasteiger partial charge < -0.3 is 14.5 Å². The first-order valence-corrected chi connectivity index (χ1v) is 12.2. The highest BCUT2D eigenvalue weighted by Gasteiger charge is 2.39. The van der Waals surface area contributed by atoms with E-state index in [-0.39, 0.29) is 36.9 Å². The van der Waals surface area contributed by atoms with E-state index in [1.807, 2.05) is 0 Å². The molecule has 2 heterocycles. The number of piperazine rings is 1. The van der Waals surface area contributed by atoms with Crippen molar-refractivity contribution in [2.45, 2.75) is 30.3 Å². The SMILES string of the molecule is CC(Oc1ccc(S(C)(=O)=O)cc1C(=O)N1CCN(c2ncc(C(F)(F)F)cc2F)CC1)C(F)(F)F. The fraction of sp³-hybridized carbons (Fsp3) is 0.429. The van der Waals surface area contributed by atoms with E-state index in [0.29, 0.717) is 12.3 Å². The van der Waals surface area contributed by atoms with Gasteiger partial charge in [-0.25, -0.2) is 17.8 Å². The Morgan fingerprint density at radius 3 is 2.17 bits per heavy atom. The highest BCUT2D eigenvalue weighted by Crippen LogP contribution is 2.32. The number of aromatic nitrogens is 1. The fourth-order valence-corrected chi connectivity index (χ4v) is 4.02. The maximum absolute atomic E-state index is 14.3. The number of carbonyl (C=O) groups excluding carboxylic acids is 1. The van der Waals surface area contributed by atoms with Crippen molar-refractivity contribution in [3.05, 3.63) is 47.4 Å². The molecule has 1 aromatic carbocycles. The highest BCUT2D eigenvalue weighted by molar-refractivity contribution is 7.90. The van der Waals surface area contributed by atoms with E-state index in [1.165, 1.54) is 9.80 Å². The molecule has 1 saturated heterocycles. The van der Waals surface area contributed by atoms with Crippen molar-refractivity contribution in [1.82, 2.24) is 9.88 Å². The molecule has 1 unspecified atom stereocenters. The zero-order valence-corrected chi connectivity index (χ0v) is 19.6. The largest absolute Gasteiger partial charge is 0.480 e. The molecule has 0 aliphatic carbocycles. The normalized spacial score (nSPS) is 16.1. The Bertz CT molecular complexity index is 1240. The second kappa shape index (κ2) is 9.75. The Morgan fingerprint density at radius 2 is 1.67 bits per heavy atom. The lowest BCUT2D eigenvalue weighted by Gasteiger charge is -2.36. The number of amides is 1. The number of sulfone groups is 1. The number of hydrogen-bond donors (Lipinski definition) is 0. The first-order chi connectivity index (χ1) is 16.5. The van der Waals surface area contributed by atoms with Crippen molar-refractivity contribution in [3.8, 4) is 5.75 Å². The Balaban J connectivity index is 1.82.